The largest absolute Gasteiger partial charge is 0.508 e. The topological polar surface area (TPSA) is 70.0 Å². The average Bonchev–Trinajstić information content (AvgIpc) is 2.03. The second-order valence-electron chi connectivity index (χ2n) is 3.57. The number of phenols is 1. The van der Waals surface area contributed by atoms with Gasteiger partial charge in [-0.15, -0.1) is 0 Å². The highest BCUT2D eigenvalue weighted by atomic mass is 16.3. The first-order valence-corrected chi connectivity index (χ1v) is 3.97. The van der Waals surface area contributed by atoms with E-state index in [2.05, 4.69) is 0 Å². The highest BCUT2D eigenvalue weighted by molar-refractivity contribution is 5.44. The minimum absolute atomic E-state index is 0.131. The van der Waals surface area contributed by atoms with E-state index >= 15 is 0 Å². The normalized spacial score (nSPS) is 10.9. The van der Waals surface area contributed by atoms with Gasteiger partial charge in [0.05, 0.1) is 11.6 Å². The molecular weight excluding hydrogens is 164 g/mol. The van der Waals surface area contributed by atoms with E-state index in [-0.39, 0.29) is 5.75 Å². The maximum Gasteiger partial charge on any atom is 0.120 e. The Hall–Kier alpha value is -1.53. The van der Waals surface area contributed by atoms with Gasteiger partial charge in [0, 0.05) is 11.1 Å². The number of aromatic hydroxyl groups is 1. The zero-order valence-electron chi connectivity index (χ0n) is 7.70. The van der Waals surface area contributed by atoms with Gasteiger partial charge in [0.1, 0.15) is 5.75 Å². The second kappa shape index (κ2) is 3.08. The standard InChI is InChI=1S/C10H12N2O/c1-10(2,12)8-5-7(6-11)3-4-9(8)13/h3-5,13H,12H2,1-2H3. The van der Waals surface area contributed by atoms with Crippen molar-refractivity contribution in [3.63, 3.8) is 0 Å². The molecule has 3 nitrogen and oxygen atoms in total. The Labute approximate surface area is 77.4 Å². The lowest BCUT2D eigenvalue weighted by Gasteiger charge is -2.20. The second-order valence-corrected chi connectivity index (χ2v) is 3.57. The third-order valence-electron chi connectivity index (χ3n) is 1.82. The average molecular weight is 176 g/mol. The zero-order chi connectivity index (χ0) is 10.1. The lowest BCUT2D eigenvalue weighted by atomic mass is 9.93. The lowest BCUT2D eigenvalue weighted by molar-refractivity contribution is 0.440. The molecule has 0 radical (unpaired) electrons. The molecule has 0 bridgehead atoms. The van der Waals surface area contributed by atoms with Crippen molar-refractivity contribution < 1.29 is 5.11 Å². The molecular formula is C10H12N2O. The van der Waals surface area contributed by atoms with Gasteiger partial charge in [-0.25, -0.2) is 0 Å². The van der Waals surface area contributed by atoms with Crippen LogP contribution in [-0.2, 0) is 5.54 Å². The van der Waals surface area contributed by atoms with E-state index in [1.54, 1.807) is 26.0 Å². The van der Waals surface area contributed by atoms with Crippen LogP contribution in [0.15, 0.2) is 18.2 Å². The van der Waals surface area contributed by atoms with Crippen molar-refractivity contribution in [2.24, 2.45) is 5.73 Å². The van der Waals surface area contributed by atoms with Crippen molar-refractivity contribution in [1.29, 1.82) is 5.26 Å². The molecule has 0 saturated carbocycles. The van der Waals surface area contributed by atoms with Gasteiger partial charge < -0.3 is 10.8 Å². The maximum absolute atomic E-state index is 9.48. The van der Waals surface area contributed by atoms with Crippen LogP contribution < -0.4 is 5.73 Å². The Bertz CT molecular complexity index is 358. The van der Waals surface area contributed by atoms with Crippen molar-refractivity contribution in [3.8, 4) is 11.8 Å². The Morgan fingerprint density at radius 3 is 2.54 bits per heavy atom. The SMILES string of the molecule is CC(C)(N)c1cc(C#N)ccc1O. The van der Waals surface area contributed by atoms with E-state index in [1.165, 1.54) is 6.07 Å². The number of hydrogen-bond donors (Lipinski definition) is 2. The van der Waals surface area contributed by atoms with E-state index in [0.717, 1.165) is 0 Å². The molecule has 13 heavy (non-hydrogen) atoms. The van der Waals surface area contributed by atoms with E-state index in [1.807, 2.05) is 6.07 Å². The summed E-state index contributed by atoms with van der Waals surface area (Å²) in [6.45, 7) is 3.56. The summed E-state index contributed by atoms with van der Waals surface area (Å²) in [6, 6.07) is 6.66. The zero-order valence-corrected chi connectivity index (χ0v) is 7.70. The number of benzene rings is 1. The molecule has 0 atom stereocenters. The molecule has 1 rings (SSSR count). The van der Waals surface area contributed by atoms with Crippen molar-refractivity contribution in [3.05, 3.63) is 29.3 Å². The fraction of sp³-hybridized carbons (Fsp3) is 0.300. The number of rotatable bonds is 1. The molecule has 3 heteroatoms. The molecule has 0 unspecified atom stereocenters. The number of phenolic OH excluding ortho intramolecular Hbond substituents is 1. The van der Waals surface area contributed by atoms with Crippen LogP contribution >= 0.6 is 0 Å². The molecule has 0 aliphatic heterocycles. The minimum atomic E-state index is -0.628. The Kier molecular flexibility index (Phi) is 2.26. The molecule has 0 amide bonds. The summed E-state index contributed by atoms with van der Waals surface area (Å²) in [5, 5.41) is 18.1. The summed E-state index contributed by atoms with van der Waals surface area (Å²) in [5.41, 5.74) is 6.28. The van der Waals surface area contributed by atoms with Gasteiger partial charge in [-0.1, -0.05) is 0 Å². The molecule has 1 aromatic carbocycles. The number of nitriles is 1. The first kappa shape index (κ1) is 9.56. The number of nitrogens with zero attached hydrogens (tertiary/aromatic N) is 1. The van der Waals surface area contributed by atoms with Gasteiger partial charge in [0.25, 0.3) is 0 Å². The summed E-state index contributed by atoms with van der Waals surface area (Å²) in [7, 11) is 0. The smallest absolute Gasteiger partial charge is 0.120 e. The maximum atomic E-state index is 9.48. The predicted molar refractivity (Wildman–Crippen MR) is 50.0 cm³/mol. The quantitative estimate of drug-likeness (QED) is 0.680. The summed E-state index contributed by atoms with van der Waals surface area (Å²) >= 11 is 0. The molecule has 0 aromatic heterocycles. The molecule has 0 heterocycles. The summed E-state index contributed by atoms with van der Waals surface area (Å²) in [5.74, 6) is 0.131. The van der Waals surface area contributed by atoms with Crippen molar-refractivity contribution in [2.75, 3.05) is 0 Å². The summed E-state index contributed by atoms with van der Waals surface area (Å²) in [6.07, 6.45) is 0. The van der Waals surface area contributed by atoms with Crippen molar-refractivity contribution in [1.82, 2.24) is 0 Å². The van der Waals surface area contributed by atoms with Crippen LogP contribution in [0.25, 0.3) is 0 Å². The first-order valence-electron chi connectivity index (χ1n) is 3.97. The summed E-state index contributed by atoms with van der Waals surface area (Å²) < 4.78 is 0. The van der Waals surface area contributed by atoms with Crippen molar-refractivity contribution in [2.45, 2.75) is 19.4 Å². The highest BCUT2D eigenvalue weighted by Gasteiger charge is 2.18. The van der Waals surface area contributed by atoms with E-state index in [0.29, 0.717) is 11.1 Å². The van der Waals surface area contributed by atoms with Crippen molar-refractivity contribution >= 4 is 0 Å². The monoisotopic (exact) mass is 176 g/mol. The van der Waals surface area contributed by atoms with Gasteiger partial charge in [-0.05, 0) is 32.0 Å². The van der Waals surface area contributed by atoms with Crippen LogP contribution in [0, 0.1) is 11.3 Å². The van der Waals surface area contributed by atoms with Crippen LogP contribution in [0.2, 0.25) is 0 Å². The summed E-state index contributed by atoms with van der Waals surface area (Å²) in [4.78, 5) is 0. The van der Waals surface area contributed by atoms with Gasteiger partial charge in [-0.3, -0.25) is 0 Å². The molecule has 3 N–H and O–H groups in total. The van der Waals surface area contributed by atoms with E-state index in [9.17, 15) is 5.11 Å². The molecule has 68 valence electrons. The highest BCUT2D eigenvalue weighted by Crippen LogP contribution is 2.27. The fourth-order valence-corrected chi connectivity index (χ4v) is 1.12. The Morgan fingerprint density at radius 2 is 2.08 bits per heavy atom. The predicted octanol–water partition coefficient (Wildman–Crippen LogP) is 1.46. The fourth-order valence-electron chi connectivity index (χ4n) is 1.12. The minimum Gasteiger partial charge on any atom is -0.508 e. The van der Waals surface area contributed by atoms with Gasteiger partial charge in [-0.2, -0.15) is 5.26 Å². The van der Waals surface area contributed by atoms with Crippen LogP contribution in [0.4, 0.5) is 0 Å². The van der Waals surface area contributed by atoms with E-state index in [4.69, 9.17) is 11.0 Å². The number of hydrogen-bond acceptors (Lipinski definition) is 3. The Morgan fingerprint density at radius 1 is 1.46 bits per heavy atom. The van der Waals surface area contributed by atoms with Crippen LogP contribution in [0.5, 0.6) is 5.75 Å². The Balaban J connectivity index is 3.29. The lowest BCUT2D eigenvalue weighted by Crippen LogP contribution is -2.28. The third-order valence-corrected chi connectivity index (χ3v) is 1.82. The first-order chi connectivity index (χ1) is 5.95. The molecule has 0 spiro atoms. The van der Waals surface area contributed by atoms with Crippen LogP contribution in [0.3, 0.4) is 0 Å². The number of nitrogens with two attached hydrogens (primary N) is 1. The third kappa shape index (κ3) is 1.98. The van der Waals surface area contributed by atoms with Gasteiger partial charge in [0.15, 0.2) is 0 Å². The molecule has 0 aliphatic carbocycles. The van der Waals surface area contributed by atoms with Gasteiger partial charge >= 0.3 is 0 Å². The van der Waals surface area contributed by atoms with Crippen LogP contribution in [0.1, 0.15) is 25.0 Å². The van der Waals surface area contributed by atoms with E-state index < -0.39 is 5.54 Å². The molecule has 0 fully saturated rings. The molecule has 1 aromatic rings. The van der Waals surface area contributed by atoms with Crippen LogP contribution in [-0.4, -0.2) is 5.11 Å². The molecule has 0 saturated heterocycles. The molecule has 0 aliphatic rings. The van der Waals surface area contributed by atoms with Gasteiger partial charge in [0.2, 0.25) is 0 Å².